The monoisotopic (exact) mass is 244 g/mol. The first-order valence-electron chi connectivity index (χ1n) is 5.26. The molecule has 0 spiro atoms. The van der Waals surface area contributed by atoms with E-state index >= 15 is 0 Å². The van der Waals surface area contributed by atoms with Crippen LogP contribution in [0.15, 0.2) is 18.3 Å². The number of nitrogens with one attached hydrogen (secondary N) is 1. The van der Waals surface area contributed by atoms with Crippen LogP contribution in [0.3, 0.4) is 0 Å². The second-order valence-electron chi connectivity index (χ2n) is 3.60. The van der Waals surface area contributed by atoms with Crippen molar-refractivity contribution in [2.24, 2.45) is 0 Å². The summed E-state index contributed by atoms with van der Waals surface area (Å²) in [6.45, 7) is 2.07. The van der Waals surface area contributed by atoms with Crippen LogP contribution >= 0.6 is 12.4 Å². The maximum absolute atomic E-state index is 5.80. The van der Waals surface area contributed by atoms with Crippen molar-refractivity contribution in [1.29, 1.82) is 0 Å². The van der Waals surface area contributed by atoms with Gasteiger partial charge in [-0.2, -0.15) is 0 Å². The van der Waals surface area contributed by atoms with Crippen molar-refractivity contribution in [2.75, 3.05) is 20.2 Å². The lowest BCUT2D eigenvalue weighted by Gasteiger charge is -2.23. The van der Waals surface area contributed by atoms with Crippen molar-refractivity contribution in [3.05, 3.63) is 18.3 Å². The maximum Gasteiger partial charge on any atom is 0.213 e. The molecule has 2 heterocycles. The minimum absolute atomic E-state index is 0. The third-order valence-electron chi connectivity index (χ3n) is 2.51. The lowest BCUT2D eigenvalue weighted by molar-refractivity contribution is 0.161. The van der Waals surface area contributed by atoms with E-state index in [2.05, 4.69) is 10.3 Å². The molecule has 0 aliphatic carbocycles. The highest BCUT2D eigenvalue weighted by Gasteiger charge is 2.14. The summed E-state index contributed by atoms with van der Waals surface area (Å²) in [6.07, 6.45) is 4.15. The standard InChI is InChI=1S/C11H16N2O2.ClH/c1-14-11-3-2-10(8-13-11)15-9-4-6-12-7-5-9;/h2-3,8-9,12H,4-7H2,1H3;1H. The van der Waals surface area contributed by atoms with Gasteiger partial charge in [0.15, 0.2) is 0 Å². The van der Waals surface area contributed by atoms with Crippen LogP contribution in [0, 0.1) is 0 Å². The van der Waals surface area contributed by atoms with Crippen molar-refractivity contribution in [2.45, 2.75) is 18.9 Å². The van der Waals surface area contributed by atoms with Crippen LogP contribution in [-0.2, 0) is 0 Å². The molecule has 1 saturated heterocycles. The zero-order valence-corrected chi connectivity index (χ0v) is 10.1. The number of pyridine rings is 1. The molecule has 16 heavy (non-hydrogen) atoms. The number of halogens is 1. The van der Waals surface area contributed by atoms with Crippen molar-refractivity contribution in [1.82, 2.24) is 10.3 Å². The van der Waals surface area contributed by atoms with Gasteiger partial charge in [-0.15, -0.1) is 12.4 Å². The largest absolute Gasteiger partial charge is 0.489 e. The minimum atomic E-state index is 0. The zero-order chi connectivity index (χ0) is 10.5. The molecule has 1 aromatic rings. The summed E-state index contributed by atoms with van der Waals surface area (Å²) in [5.41, 5.74) is 0. The first-order chi connectivity index (χ1) is 7.38. The van der Waals surface area contributed by atoms with E-state index in [0.29, 0.717) is 12.0 Å². The molecule has 0 unspecified atom stereocenters. The first kappa shape index (κ1) is 13.1. The smallest absolute Gasteiger partial charge is 0.213 e. The number of rotatable bonds is 3. The molecular formula is C11H17ClN2O2. The Morgan fingerprint density at radius 3 is 2.62 bits per heavy atom. The average Bonchev–Trinajstić information content (AvgIpc) is 2.31. The fraction of sp³-hybridized carbons (Fsp3) is 0.545. The fourth-order valence-electron chi connectivity index (χ4n) is 1.66. The Kier molecular flexibility index (Phi) is 5.35. The third-order valence-corrected chi connectivity index (χ3v) is 2.51. The molecule has 1 aromatic heterocycles. The van der Waals surface area contributed by atoms with E-state index in [1.807, 2.05) is 12.1 Å². The normalized spacial score (nSPS) is 16.3. The summed E-state index contributed by atoms with van der Waals surface area (Å²) in [5, 5.41) is 3.30. The average molecular weight is 245 g/mol. The van der Waals surface area contributed by atoms with Crippen LogP contribution in [0.4, 0.5) is 0 Å². The Morgan fingerprint density at radius 2 is 2.06 bits per heavy atom. The van der Waals surface area contributed by atoms with E-state index in [-0.39, 0.29) is 12.4 Å². The van der Waals surface area contributed by atoms with Crippen molar-refractivity contribution < 1.29 is 9.47 Å². The quantitative estimate of drug-likeness (QED) is 0.878. The van der Waals surface area contributed by atoms with Crippen LogP contribution < -0.4 is 14.8 Å². The molecule has 0 bridgehead atoms. The number of hydrogen-bond acceptors (Lipinski definition) is 4. The summed E-state index contributed by atoms with van der Waals surface area (Å²) >= 11 is 0. The summed E-state index contributed by atoms with van der Waals surface area (Å²) < 4.78 is 10.8. The molecular weight excluding hydrogens is 228 g/mol. The van der Waals surface area contributed by atoms with E-state index in [9.17, 15) is 0 Å². The molecule has 1 fully saturated rings. The fourth-order valence-corrected chi connectivity index (χ4v) is 1.66. The molecule has 90 valence electrons. The number of methoxy groups -OCH3 is 1. The molecule has 1 N–H and O–H groups in total. The second kappa shape index (κ2) is 6.55. The number of nitrogens with zero attached hydrogens (tertiary/aromatic N) is 1. The van der Waals surface area contributed by atoms with Gasteiger partial charge in [0.05, 0.1) is 13.3 Å². The molecule has 5 heteroatoms. The predicted octanol–water partition coefficient (Wildman–Crippen LogP) is 1.64. The van der Waals surface area contributed by atoms with Gasteiger partial charge >= 0.3 is 0 Å². The van der Waals surface area contributed by atoms with Crippen LogP contribution in [0.1, 0.15) is 12.8 Å². The number of hydrogen-bond donors (Lipinski definition) is 1. The number of aromatic nitrogens is 1. The number of ether oxygens (including phenoxy) is 2. The van der Waals surface area contributed by atoms with E-state index in [1.54, 1.807) is 13.3 Å². The van der Waals surface area contributed by atoms with Crippen molar-refractivity contribution >= 4 is 12.4 Å². The summed E-state index contributed by atoms with van der Waals surface area (Å²) in [6, 6.07) is 3.71. The van der Waals surface area contributed by atoms with Crippen molar-refractivity contribution in [3.63, 3.8) is 0 Å². The molecule has 2 rings (SSSR count). The van der Waals surface area contributed by atoms with Crippen LogP contribution in [-0.4, -0.2) is 31.3 Å². The Labute approximate surface area is 102 Å². The van der Waals surface area contributed by atoms with Gasteiger partial charge in [0, 0.05) is 6.07 Å². The minimum Gasteiger partial charge on any atom is -0.489 e. The van der Waals surface area contributed by atoms with Gasteiger partial charge in [0.2, 0.25) is 5.88 Å². The Hall–Kier alpha value is -1.00. The lowest BCUT2D eigenvalue weighted by Crippen LogP contribution is -2.34. The Bertz CT molecular complexity index is 299. The van der Waals surface area contributed by atoms with Gasteiger partial charge in [0.1, 0.15) is 11.9 Å². The van der Waals surface area contributed by atoms with Gasteiger partial charge in [0.25, 0.3) is 0 Å². The lowest BCUT2D eigenvalue weighted by atomic mass is 10.1. The van der Waals surface area contributed by atoms with E-state index in [1.165, 1.54) is 0 Å². The molecule has 0 radical (unpaired) electrons. The van der Waals surface area contributed by atoms with Gasteiger partial charge in [-0.3, -0.25) is 0 Å². The van der Waals surface area contributed by atoms with Crippen LogP contribution in [0.5, 0.6) is 11.6 Å². The van der Waals surface area contributed by atoms with Gasteiger partial charge in [-0.05, 0) is 32.0 Å². The summed E-state index contributed by atoms with van der Waals surface area (Å²) in [5.74, 6) is 1.44. The highest BCUT2D eigenvalue weighted by Crippen LogP contribution is 2.17. The highest BCUT2D eigenvalue weighted by atomic mass is 35.5. The van der Waals surface area contributed by atoms with Crippen LogP contribution in [0.25, 0.3) is 0 Å². The first-order valence-corrected chi connectivity index (χ1v) is 5.26. The van der Waals surface area contributed by atoms with Crippen LogP contribution in [0.2, 0.25) is 0 Å². The highest BCUT2D eigenvalue weighted by molar-refractivity contribution is 5.85. The van der Waals surface area contributed by atoms with E-state index < -0.39 is 0 Å². The molecule has 0 saturated carbocycles. The predicted molar refractivity (Wildman–Crippen MR) is 64.6 cm³/mol. The van der Waals surface area contributed by atoms with Gasteiger partial charge in [-0.1, -0.05) is 0 Å². The van der Waals surface area contributed by atoms with E-state index in [0.717, 1.165) is 31.7 Å². The SMILES string of the molecule is COc1ccc(OC2CCNCC2)cn1.Cl. The molecule has 4 nitrogen and oxygen atoms in total. The topological polar surface area (TPSA) is 43.4 Å². The summed E-state index contributed by atoms with van der Waals surface area (Å²) in [7, 11) is 1.61. The second-order valence-corrected chi connectivity index (χ2v) is 3.60. The summed E-state index contributed by atoms with van der Waals surface area (Å²) in [4.78, 5) is 4.10. The molecule has 0 aromatic carbocycles. The van der Waals surface area contributed by atoms with Gasteiger partial charge in [-0.25, -0.2) is 4.98 Å². The maximum atomic E-state index is 5.80. The van der Waals surface area contributed by atoms with E-state index in [4.69, 9.17) is 9.47 Å². The van der Waals surface area contributed by atoms with Gasteiger partial charge < -0.3 is 14.8 Å². The molecule has 0 atom stereocenters. The zero-order valence-electron chi connectivity index (χ0n) is 9.31. The molecule has 1 aliphatic rings. The number of piperidine rings is 1. The van der Waals surface area contributed by atoms with Crippen molar-refractivity contribution in [3.8, 4) is 11.6 Å². The third kappa shape index (κ3) is 3.54. The molecule has 1 aliphatic heterocycles. The Balaban J connectivity index is 0.00000128. The Morgan fingerprint density at radius 1 is 1.31 bits per heavy atom. The molecule has 0 amide bonds.